The Morgan fingerprint density at radius 2 is 1.15 bits per heavy atom. The third-order valence-corrected chi connectivity index (χ3v) is 4.39. The van der Waals surface area contributed by atoms with Gasteiger partial charge < -0.3 is 14.6 Å². The molecule has 0 aliphatic carbocycles. The van der Waals surface area contributed by atoms with Crippen LogP contribution in [0.4, 0.5) is 0 Å². The van der Waals surface area contributed by atoms with Crippen molar-refractivity contribution < 1.29 is 14.6 Å². The molecule has 1 N–H and O–H groups in total. The van der Waals surface area contributed by atoms with Crippen molar-refractivity contribution in [3.63, 3.8) is 0 Å². The van der Waals surface area contributed by atoms with Crippen LogP contribution in [0.25, 0.3) is 0 Å². The molecule has 3 heteroatoms. The highest BCUT2D eigenvalue weighted by atomic mass is 16.5. The normalized spacial score (nSPS) is 10.7. The van der Waals surface area contributed by atoms with Gasteiger partial charge in [0.15, 0.2) is 11.5 Å². The zero-order valence-corrected chi connectivity index (χ0v) is 15.9. The van der Waals surface area contributed by atoms with Crippen LogP contribution in [-0.4, -0.2) is 5.11 Å². The van der Waals surface area contributed by atoms with Crippen molar-refractivity contribution in [3.05, 3.63) is 76.3 Å². The molecule has 0 radical (unpaired) electrons. The van der Waals surface area contributed by atoms with E-state index < -0.39 is 0 Å². The number of ether oxygens (including phenoxy) is 2. The van der Waals surface area contributed by atoms with E-state index in [-0.39, 0.29) is 5.75 Å². The summed E-state index contributed by atoms with van der Waals surface area (Å²) in [6.45, 7) is 10.1. The van der Waals surface area contributed by atoms with Crippen LogP contribution in [0.15, 0.2) is 48.5 Å². The number of hydrogen-bond acceptors (Lipinski definition) is 3. The minimum Gasteiger partial charge on any atom is -0.504 e. The number of aryl methyl sites for hydroxylation is 5. The lowest BCUT2D eigenvalue weighted by Crippen LogP contribution is -1.97. The van der Waals surface area contributed by atoms with Crippen molar-refractivity contribution in [1.29, 1.82) is 0 Å². The maximum atomic E-state index is 10.4. The molecule has 0 saturated heterocycles. The lowest BCUT2D eigenvalue weighted by molar-refractivity contribution is 0.377. The molecular formula is C23H24O3. The van der Waals surface area contributed by atoms with Crippen LogP contribution in [0.1, 0.15) is 27.8 Å². The molecule has 0 aliphatic rings. The molecule has 0 unspecified atom stereocenters. The second-order valence-corrected chi connectivity index (χ2v) is 6.76. The zero-order valence-electron chi connectivity index (χ0n) is 15.9. The zero-order chi connectivity index (χ0) is 18.8. The fourth-order valence-corrected chi connectivity index (χ4v) is 3.19. The monoisotopic (exact) mass is 348 g/mol. The maximum Gasteiger partial charge on any atom is 0.211 e. The van der Waals surface area contributed by atoms with Gasteiger partial charge >= 0.3 is 0 Å². The van der Waals surface area contributed by atoms with E-state index in [1.807, 2.05) is 45.9 Å². The van der Waals surface area contributed by atoms with Gasteiger partial charge in [-0.05, 0) is 69.0 Å². The van der Waals surface area contributed by atoms with E-state index in [0.717, 1.165) is 33.8 Å². The molecule has 26 heavy (non-hydrogen) atoms. The first-order chi connectivity index (χ1) is 12.4. The van der Waals surface area contributed by atoms with Gasteiger partial charge in [-0.1, -0.05) is 42.0 Å². The predicted molar refractivity (Wildman–Crippen MR) is 105 cm³/mol. The first-order valence-electron chi connectivity index (χ1n) is 8.68. The van der Waals surface area contributed by atoms with Gasteiger partial charge in [-0.2, -0.15) is 0 Å². The molecule has 0 heterocycles. The molecule has 3 aromatic rings. The number of hydrogen-bond donors (Lipinski definition) is 1. The van der Waals surface area contributed by atoms with E-state index in [1.54, 1.807) is 18.2 Å². The number of para-hydroxylation sites is 2. The summed E-state index contributed by atoms with van der Waals surface area (Å²) in [5.41, 5.74) is 5.28. The summed E-state index contributed by atoms with van der Waals surface area (Å²) in [6.07, 6.45) is 0. The summed E-state index contributed by atoms with van der Waals surface area (Å²) in [5, 5.41) is 10.4. The summed E-state index contributed by atoms with van der Waals surface area (Å²) >= 11 is 0. The number of benzene rings is 3. The molecule has 0 fully saturated rings. The third-order valence-electron chi connectivity index (χ3n) is 4.39. The number of phenols is 1. The fourth-order valence-electron chi connectivity index (χ4n) is 3.19. The Morgan fingerprint density at radius 1 is 0.615 bits per heavy atom. The first kappa shape index (κ1) is 17.9. The molecule has 0 spiro atoms. The van der Waals surface area contributed by atoms with Crippen LogP contribution in [0.5, 0.6) is 28.7 Å². The lowest BCUT2D eigenvalue weighted by atomic mass is 10.1. The van der Waals surface area contributed by atoms with E-state index in [4.69, 9.17) is 9.47 Å². The molecule has 3 aromatic carbocycles. The second kappa shape index (κ2) is 7.12. The molecule has 3 nitrogen and oxygen atoms in total. The average Bonchev–Trinajstić information content (AvgIpc) is 2.56. The standard InChI is InChI=1S/C23H24O3/c1-14-12-17(4)22(18(5)13-14)25-20-11-7-10-19(24)23(20)26-21-15(2)8-6-9-16(21)3/h6-13,24H,1-5H3. The Labute approximate surface area is 154 Å². The van der Waals surface area contributed by atoms with Crippen LogP contribution >= 0.6 is 0 Å². The second-order valence-electron chi connectivity index (χ2n) is 6.76. The molecule has 134 valence electrons. The van der Waals surface area contributed by atoms with Crippen LogP contribution in [0, 0.1) is 34.6 Å². The quantitative estimate of drug-likeness (QED) is 0.583. The van der Waals surface area contributed by atoms with Gasteiger partial charge in [0, 0.05) is 0 Å². The molecule has 0 amide bonds. The smallest absolute Gasteiger partial charge is 0.211 e. The lowest BCUT2D eigenvalue weighted by Gasteiger charge is -2.18. The Morgan fingerprint density at radius 3 is 1.77 bits per heavy atom. The first-order valence-corrected chi connectivity index (χ1v) is 8.68. The van der Waals surface area contributed by atoms with E-state index in [9.17, 15) is 5.11 Å². The summed E-state index contributed by atoms with van der Waals surface area (Å²) < 4.78 is 12.3. The van der Waals surface area contributed by atoms with Gasteiger partial charge in [-0.15, -0.1) is 0 Å². The van der Waals surface area contributed by atoms with Gasteiger partial charge in [-0.3, -0.25) is 0 Å². The molecular weight excluding hydrogens is 324 g/mol. The van der Waals surface area contributed by atoms with Gasteiger partial charge in [-0.25, -0.2) is 0 Å². The highest BCUT2D eigenvalue weighted by molar-refractivity contribution is 5.56. The molecule has 0 aromatic heterocycles. The van der Waals surface area contributed by atoms with Gasteiger partial charge in [0.2, 0.25) is 5.75 Å². The van der Waals surface area contributed by atoms with E-state index in [2.05, 4.69) is 19.1 Å². The topological polar surface area (TPSA) is 38.7 Å². The predicted octanol–water partition coefficient (Wildman–Crippen LogP) is 6.52. The fraction of sp³-hybridized carbons (Fsp3) is 0.217. The van der Waals surface area contributed by atoms with Crippen LogP contribution in [-0.2, 0) is 0 Å². The van der Waals surface area contributed by atoms with Crippen molar-refractivity contribution >= 4 is 0 Å². The Hall–Kier alpha value is -2.94. The summed E-state index contributed by atoms with van der Waals surface area (Å²) in [7, 11) is 0. The van der Waals surface area contributed by atoms with Crippen molar-refractivity contribution in [1.82, 2.24) is 0 Å². The Balaban J connectivity index is 2.04. The van der Waals surface area contributed by atoms with Crippen molar-refractivity contribution in [3.8, 4) is 28.7 Å². The highest BCUT2D eigenvalue weighted by Crippen LogP contribution is 2.44. The van der Waals surface area contributed by atoms with Crippen LogP contribution in [0.2, 0.25) is 0 Å². The average molecular weight is 348 g/mol. The van der Waals surface area contributed by atoms with Crippen molar-refractivity contribution in [2.24, 2.45) is 0 Å². The van der Waals surface area contributed by atoms with E-state index in [1.165, 1.54) is 5.56 Å². The number of phenolic OH excluding ortho intramolecular Hbond substituents is 1. The summed E-state index contributed by atoms with van der Waals surface area (Å²) in [4.78, 5) is 0. The SMILES string of the molecule is Cc1cc(C)c(Oc2cccc(O)c2Oc2c(C)cccc2C)c(C)c1. The van der Waals surface area contributed by atoms with Crippen molar-refractivity contribution in [2.45, 2.75) is 34.6 Å². The van der Waals surface area contributed by atoms with Gasteiger partial charge in [0.25, 0.3) is 0 Å². The van der Waals surface area contributed by atoms with Crippen molar-refractivity contribution in [2.75, 3.05) is 0 Å². The Bertz CT molecular complexity index is 914. The van der Waals surface area contributed by atoms with E-state index in [0.29, 0.717) is 11.5 Å². The number of aromatic hydroxyl groups is 1. The summed E-state index contributed by atoms with van der Waals surface area (Å²) in [6, 6.07) is 15.3. The Kier molecular flexibility index (Phi) is 4.90. The number of rotatable bonds is 4. The third kappa shape index (κ3) is 3.52. The van der Waals surface area contributed by atoms with Gasteiger partial charge in [0.1, 0.15) is 11.5 Å². The summed E-state index contributed by atoms with van der Waals surface area (Å²) in [5.74, 6) is 2.38. The molecule has 0 saturated carbocycles. The maximum absolute atomic E-state index is 10.4. The molecule has 0 aliphatic heterocycles. The highest BCUT2D eigenvalue weighted by Gasteiger charge is 2.17. The largest absolute Gasteiger partial charge is 0.504 e. The minimum absolute atomic E-state index is 0.0487. The molecule has 3 rings (SSSR count). The van der Waals surface area contributed by atoms with Gasteiger partial charge in [0.05, 0.1) is 0 Å². The van der Waals surface area contributed by atoms with Crippen LogP contribution < -0.4 is 9.47 Å². The van der Waals surface area contributed by atoms with E-state index >= 15 is 0 Å². The molecule has 0 bridgehead atoms. The molecule has 0 atom stereocenters. The van der Waals surface area contributed by atoms with Crippen LogP contribution in [0.3, 0.4) is 0 Å². The minimum atomic E-state index is 0.0487.